The number of benzene rings is 3. The van der Waals surface area contributed by atoms with Gasteiger partial charge in [0.1, 0.15) is 5.75 Å². The van der Waals surface area contributed by atoms with Crippen molar-refractivity contribution in [3.8, 4) is 5.75 Å². The van der Waals surface area contributed by atoms with Gasteiger partial charge in [0, 0.05) is 48.4 Å². The first-order valence-electron chi connectivity index (χ1n) is 9.36. The first kappa shape index (κ1) is 20.0. The van der Waals surface area contributed by atoms with Crippen LogP contribution in [0.4, 0.5) is 18.9 Å². The predicted octanol–water partition coefficient (Wildman–Crippen LogP) is 5.65. The number of rotatable bonds is 3. The van der Waals surface area contributed by atoms with Crippen molar-refractivity contribution in [3.05, 3.63) is 70.2 Å². The van der Waals surface area contributed by atoms with Crippen LogP contribution in [0.1, 0.15) is 11.1 Å². The summed E-state index contributed by atoms with van der Waals surface area (Å²) in [6.07, 6.45) is -4.33. The van der Waals surface area contributed by atoms with Gasteiger partial charge < -0.3 is 10.0 Å². The third kappa shape index (κ3) is 4.36. The van der Waals surface area contributed by atoms with Crippen LogP contribution < -0.4 is 4.90 Å². The van der Waals surface area contributed by atoms with Crippen molar-refractivity contribution in [1.29, 1.82) is 0 Å². The molecular weight excluding hydrogens is 445 g/mol. The lowest BCUT2D eigenvalue weighted by Gasteiger charge is -2.36. The summed E-state index contributed by atoms with van der Waals surface area (Å²) in [5.41, 5.74) is 0.851. The fourth-order valence-corrected chi connectivity index (χ4v) is 4.17. The fraction of sp³-hybridized carbons (Fsp3) is 0.273. The maximum absolute atomic E-state index is 13.0. The normalized spacial score (nSPS) is 15.8. The number of anilines is 1. The second-order valence-electron chi connectivity index (χ2n) is 7.24. The summed E-state index contributed by atoms with van der Waals surface area (Å²) in [4.78, 5) is 4.20. The van der Waals surface area contributed by atoms with Gasteiger partial charge in [0.05, 0.1) is 5.56 Å². The van der Waals surface area contributed by atoms with E-state index in [9.17, 15) is 18.3 Å². The second kappa shape index (κ2) is 7.88. The number of halogens is 4. The molecule has 1 fully saturated rings. The van der Waals surface area contributed by atoms with Crippen LogP contribution in [-0.4, -0.2) is 36.2 Å². The molecule has 1 heterocycles. The van der Waals surface area contributed by atoms with Crippen molar-refractivity contribution in [2.24, 2.45) is 0 Å². The van der Waals surface area contributed by atoms with Gasteiger partial charge >= 0.3 is 6.18 Å². The molecule has 1 aliphatic rings. The van der Waals surface area contributed by atoms with E-state index in [1.165, 1.54) is 12.1 Å². The smallest absolute Gasteiger partial charge is 0.416 e. The Labute approximate surface area is 175 Å². The highest BCUT2D eigenvalue weighted by Crippen LogP contribution is 2.33. The molecule has 0 aromatic heterocycles. The molecule has 0 amide bonds. The van der Waals surface area contributed by atoms with Crippen molar-refractivity contribution >= 4 is 32.4 Å². The van der Waals surface area contributed by atoms with Crippen molar-refractivity contribution in [3.63, 3.8) is 0 Å². The van der Waals surface area contributed by atoms with Crippen LogP contribution >= 0.6 is 15.9 Å². The molecule has 0 bridgehead atoms. The Hall–Kier alpha value is -2.25. The topological polar surface area (TPSA) is 26.7 Å². The van der Waals surface area contributed by atoms with Gasteiger partial charge in [0.15, 0.2) is 0 Å². The standard InChI is InChI=1S/C22H20BrF3N2O/c23-17-5-6-19-15(12-17)4-7-21(29)20(19)14-27-8-10-28(11-9-27)18-3-1-2-16(13-18)22(24,25)26/h1-7,12-13,29H,8-11,14H2. The van der Waals surface area contributed by atoms with E-state index >= 15 is 0 Å². The van der Waals surface area contributed by atoms with Crippen LogP contribution in [-0.2, 0) is 12.7 Å². The second-order valence-corrected chi connectivity index (χ2v) is 8.16. The molecule has 0 radical (unpaired) electrons. The third-order valence-electron chi connectivity index (χ3n) is 5.36. The summed E-state index contributed by atoms with van der Waals surface area (Å²) >= 11 is 3.47. The minimum Gasteiger partial charge on any atom is -0.508 e. The number of aromatic hydroxyl groups is 1. The molecule has 4 rings (SSSR count). The lowest BCUT2D eigenvalue weighted by molar-refractivity contribution is -0.137. The number of phenolic OH excluding ortho intramolecular Hbond substituents is 1. The molecule has 0 saturated carbocycles. The number of nitrogens with zero attached hydrogens (tertiary/aromatic N) is 2. The minimum absolute atomic E-state index is 0.264. The summed E-state index contributed by atoms with van der Waals surface area (Å²) in [5.74, 6) is 0.264. The first-order chi connectivity index (χ1) is 13.8. The van der Waals surface area contributed by atoms with Gasteiger partial charge in [0.2, 0.25) is 0 Å². The Morgan fingerprint density at radius 1 is 0.931 bits per heavy atom. The highest BCUT2D eigenvalue weighted by Gasteiger charge is 2.31. The summed E-state index contributed by atoms with van der Waals surface area (Å²) in [7, 11) is 0. The zero-order valence-corrected chi connectivity index (χ0v) is 17.2. The van der Waals surface area contributed by atoms with E-state index in [1.54, 1.807) is 12.1 Å². The number of fused-ring (bicyclic) bond motifs is 1. The van der Waals surface area contributed by atoms with Gasteiger partial charge in [-0.05, 0) is 47.2 Å². The molecule has 29 heavy (non-hydrogen) atoms. The molecule has 3 aromatic rings. The highest BCUT2D eigenvalue weighted by molar-refractivity contribution is 9.10. The zero-order chi connectivity index (χ0) is 20.6. The molecule has 1 N–H and O–H groups in total. The van der Waals surface area contributed by atoms with Gasteiger partial charge in [-0.15, -0.1) is 0 Å². The molecule has 3 nitrogen and oxygen atoms in total. The average Bonchev–Trinajstić information content (AvgIpc) is 2.70. The number of phenols is 1. The molecule has 0 atom stereocenters. The summed E-state index contributed by atoms with van der Waals surface area (Å²) in [6.45, 7) is 3.29. The molecule has 3 aromatic carbocycles. The van der Waals surface area contributed by atoms with E-state index in [0.717, 1.165) is 26.9 Å². The molecular formula is C22H20BrF3N2O. The Bertz CT molecular complexity index is 1030. The largest absolute Gasteiger partial charge is 0.508 e. The van der Waals surface area contributed by atoms with E-state index in [2.05, 4.69) is 20.8 Å². The molecule has 7 heteroatoms. The lowest BCUT2D eigenvalue weighted by atomic mass is 10.0. The summed E-state index contributed by atoms with van der Waals surface area (Å²) in [6, 6.07) is 15.1. The number of piperazine rings is 1. The molecule has 1 aliphatic heterocycles. The van der Waals surface area contributed by atoms with Gasteiger partial charge in [0.25, 0.3) is 0 Å². The van der Waals surface area contributed by atoms with E-state index in [1.807, 2.05) is 29.2 Å². The molecule has 0 aliphatic carbocycles. The SMILES string of the molecule is Oc1ccc2cc(Br)ccc2c1CN1CCN(c2cccc(C(F)(F)F)c2)CC1. The maximum Gasteiger partial charge on any atom is 0.416 e. The average molecular weight is 465 g/mol. The quantitative estimate of drug-likeness (QED) is 0.542. The monoisotopic (exact) mass is 464 g/mol. The fourth-order valence-electron chi connectivity index (χ4n) is 3.79. The van der Waals surface area contributed by atoms with Gasteiger partial charge in [-0.1, -0.05) is 34.1 Å². The van der Waals surface area contributed by atoms with Crippen LogP contribution in [0.2, 0.25) is 0 Å². The van der Waals surface area contributed by atoms with Gasteiger partial charge in [-0.25, -0.2) is 0 Å². The van der Waals surface area contributed by atoms with Gasteiger partial charge in [-0.2, -0.15) is 13.2 Å². The molecule has 152 valence electrons. The van der Waals surface area contributed by atoms with Gasteiger partial charge in [-0.3, -0.25) is 4.90 Å². The molecule has 0 unspecified atom stereocenters. The zero-order valence-electron chi connectivity index (χ0n) is 15.6. The first-order valence-corrected chi connectivity index (χ1v) is 10.2. The molecule has 1 saturated heterocycles. The van der Waals surface area contributed by atoms with Crippen molar-refractivity contribution in [2.75, 3.05) is 31.1 Å². The third-order valence-corrected chi connectivity index (χ3v) is 5.85. The van der Waals surface area contributed by atoms with Crippen LogP contribution in [0.3, 0.4) is 0 Å². The van der Waals surface area contributed by atoms with Crippen molar-refractivity contribution < 1.29 is 18.3 Å². The van der Waals surface area contributed by atoms with Crippen LogP contribution in [0.25, 0.3) is 10.8 Å². The Balaban J connectivity index is 1.47. The maximum atomic E-state index is 13.0. The van der Waals surface area contributed by atoms with Crippen LogP contribution in [0.5, 0.6) is 5.75 Å². The van der Waals surface area contributed by atoms with E-state index in [4.69, 9.17) is 0 Å². The number of alkyl halides is 3. The van der Waals surface area contributed by atoms with Crippen LogP contribution in [0.15, 0.2) is 59.1 Å². The molecule has 0 spiro atoms. The minimum atomic E-state index is -4.33. The Kier molecular flexibility index (Phi) is 5.44. The van der Waals surface area contributed by atoms with E-state index < -0.39 is 11.7 Å². The summed E-state index contributed by atoms with van der Waals surface area (Å²) in [5, 5.41) is 12.4. The summed E-state index contributed by atoms with van der Waals surface area (Å²) < 4.78 is 39.9. The lowest BCUT2D eigenvalue weighted by Crippen LogP contribution is -2.46. The number of hydrogen-bond donors (Lipinski definition) is 1. The van der Waals surface area contributed by atoms with Crippen LogP contribution in [0, 0.1) is 0 Å². The Morgan fingerprint density at radius 3 is 2.41 bits per heavy atom. The predicted molar refractivity (Wildman–Crippen MR) is 112 cm³/mol. The number of hydrogen-bond acceptors (Lipinski definition) is 3. The Morgan fingerprint density at radius 2 is 1.69 bits per heavy atom. The van der Waals surface area contributed by atoms with Crippen molar-refractivity contribution in [1.82, 2.24) is 4.90 Å². The van der Waals surface area contributed by atoms with E-state index in [-0.39, 0.29) is 5.75 Å². The van der Waals surface area contributed by atoms with Crippen molar-refractivity contribution in [2.45, 2.75) is 12.7 Å². The van der Waals surface area contributed by atoms with E-state index in [0.29, 0.717) is 38.4 Å². The highest BCUT2D eigenvalue weighted by atomic mass is 79.9.